The van der Waals surface area contributed by atoms with Crippen LogP contribution in [0.25, 0.3) is 0 Å². The summed E-state index contributed by atoms with van der Waals surface area (Å²) in [6, 6.07) is 0. The Bertz CT molecular complexity index is 69.6. The van der Waals surface area contributed by atoms with Gasteiger partial charge in [0, 0.05) is 0 Å². The van der Waals surface area contributed by atoms with Gasteiger partial charge in [-0.2, -0.15) is 0 Å². The quantitative estimate of drug-likeness (QED) is 0.264. The van der Waals surface area contributed by atoms with Crippen LogP contribution in [0.15, 0.2) is 0 Å². The van der Waals surface area contributed by atoms with E-state index in [9.17, 15) is 0 Å². The fraction of sp³-hybridized carbons (Fsp3) is 0. The van der Waals surface area contributed by atoms with Gasteiger partial charge in [0.2, 0.25) is 0 Å². The molecule has 1 N–H and O–H groups in total. The van der Waals surface area contributed by atoms with Crippen LogP contribution in [0.1, 0.15) is 0 Å². The minimum absolute atomic E-state index is 1.42. The molecule has 0 rings (SSSR count). The summed E-state index contributed by atoms with van der Waals surface area (Å²) in [5.74, 6) is 0. The summed E-state index contributed by atoms with van der Waals surface area (Å²) in [5.41, 5.74) is 0. The molecule has 0 atom stereocenters. The first-order chi connectivity index (χ1) is 4.46. The third-order valence-electron chi connectivity index (χ3n) is 0. The summed E-state index contributed by atoms with van der Waals surface area (Å²) in [4.78, 5) is 16.5. The standard InChI is InChI=1S/Al.2NO3.H2O/c;2*2-1(3)4;/h;;;1H2/q+3;2*-1;/p-1. The van der Waals surface area contributed by atoms with Gasteiger partial charge in [-0.05, 0) is 0 Å². The Morgan fingerprint density at radius 3 is 0.900 bits per heavy atom. The van der Waals surface area contributed by atoms with Crippen LogP contribution in [0.3, 0.4) is 0 Å². The molecule has 0 aliphatic heterocycles. The topological polar surface area (TPSA) is 153 Å². The molecule has 0 bridgehead atoms. The van der Waals surface area contributed by atoms with E-state index in [1.54, 1.807) is 0 Å². The first-order valence-corrected chi connectivity index (χ1v) is 1.87. The summed E-state index contributed by atoms with van der Waals surface area (Å²) in [7, 11) is 0. The van der Waals surface area contributed by atoms with Crippen molar-refractivity contribution in [2.45, 2.75) is 0 Å². The second-order valence-electron chi connectivity index (χ2n) is 0.447. The number of hydrogen-bond acceptors (Lipinski definition) is 7. The Morgan fingerprint density at radius 2 is 0.900 bits per heavy atom. The fourth-order valence-corrected chi connectivity index (χ4v) is 0. The first kappa shape index (κ1) is 16.0. The van der Waals surface area contributed by atoms with Crippen molar-refractivity contribution >= 4 is 16.6 Å². The summed E-state index contributed by atoms with van der Waals surface area (Å²) < 4.78 is 6.92. The van der Waals surface area contributed by atoms with Crippen LogP contribution >= 0.6 is 0 Å². The zero-order chi connectivity index (χ0) is 9.15. The molecule has 0 heterocycles. The molecule has 0 aliphatic rings. The van der Waals surface area contributed by atoms with E-state index >= 15 is 0 Å². The Kier molecular flexibility index (Phi) is 25.0. The number of hydrogen-bond donors (Lipinski definition) is 1. The Labute approximate surface area is 62.5 Å². The maximum atomic E-state index is 8.25. The van der Waals surface area contributed by atoms with Crippen molar-refractivity contribution in [3.05, 3.63) is 30.6 Å². The Hall–Kier alpha value is -1.11. The van der Waals surface area contributed by atoms with E-state index in [2.05, 4.69) is 0 Å². The molecular formula is HAlN2O7. The molecule has 9 nitrogen and oxygen atoms in total. The van der Waals surface area contributed by atoms with Crippen molar-refractivity contribution in [1.29, 1.82) is 0 Å². The van der Waals surface area contributed by atoms with Gasteiger partial charge in [-0.25, -0.2) is 0 Å². The molecule has 0 aliphatic carbocycles. The normalized spacial score (nSPS) is 5.50. The molecule has 0 unspecified atom stereocenters. The average Bonchev–Trinajstić information content (AvgIpc) is 1.66. The van der Waals surface area contributed by atoms with Crippen LogP contribution in [0.2, 0.25) is 0 Å². The van der Waals surface area contributed by atoms with E-state index in [1.807, 2.05) is 0 Å². The Balaban J connectivity index is -0.0000000787. The zero-order valence-electron chi connectivity index (χ0n) is 4.37. The second-order valence-corrected chi connectivity index (χ2v) is 0.447. The predicted molar refractivity (Wildman–Crippen MR) is 28.7 cm³/mol. The van der Waals surface area contributed by atoms with E-state index in [-0.39, 0.29) is 0 Å². The van der Waals surface area contributed by atoms with Crippen LogP contribution in [0.4, 0.5) is 0 Å². The molecule has 0 radical (unpaired) electrons. The Morgan fingerprint density at radius 1 is 0.900 bits per heavy atom. The van der Waals surface area contributed by atoms with Gasteiger partial charge in [0.05, 0.1) is 10.2 Å². The van der Waals surface area contributed by atoms with Gasteiger partial charge in [0.15, 0.2) is 0 Å². The fourth-order valence-electron chi connectivity index (χ4n) is 0. The van der Waals surface area contributed by atoms with E-state index in [4.69, 9.17) is 34.8 Å². The van der Waals surface area contributed by atoms with Crippen molar-refractivity contribution < 1.29 is 14.3 Å². The van der Waals surface area contributed by atoms with Crippen molar-refractivity contribution in [3.8, 4) is 0 Å². The van der Waals surface area contributed by atoms with Crippen molar-refractivity contribution in [2.24, 2.45) is 0 Å². The molecular weight excluding hydrogens is 167 g/mol. The van der Waals surface area contributed by atoms with Crippen LogP contribution in [0, 0.1) is 30.6 Å². The van der Waals surface area contributed by atoms with Crippen molar-refractivity contribution in [1.82, 2.24) is 0 Å². The molecule has 0 fully saturated rings. The van der Waals surface area contributed by atoms with Gasteiger partial charge in [-0.15, -0.1) is 0 Å². The van der Waals surface area contributed by atoms with Gasteiger partial charge in [0.25, 0.3) is 0 Å². The third kappa shape index (κ3) is 195. The average molecular weight is 168 g/mol. The summed E-state index contributed by atoms with van der Waals surface area (Å²) >= 11 is 1.42. The molecule has 10 heteroatoms. The van der Waals surface area contributed by atoms with Gasteiger partial charge in [-0.1, -0.05) is 0 Å². The van der Waals surface area contributed by atoms with Gasteiger partial charge < -0.3 is 30.6 Å². The molecule has 0 amide bonds. The monoisotopic (exact) mass is 168 g/mol. The maximum absolute atomic E-state index is 8.25. The summed E-state index contributed by atoms with van der Waals surface area (Å²) in [5, 5.41) is 29.5. The van der Waals surface area contributed by atoms with Crippen LogP contribution in [-0.2, 0) is 0 Å². The molecule has 56 valence electrons. The molecule has 0 aromatic rings. The second kappa shape index (κ2) is 15.7. The molecule has 0 spiro atoms. The van der Waals surface area contributed by atoms with E-state index in [0.717, 1.165) is 0 Å². The van der Waals surface area contributed by atoms with Crippen LogP contribution in [-0.4, -0.2) is 31.0 Å². The van der Waals surface area contributed by atoms with E-state index in [0.29, 0.717) is 0 Å². The molecule has 10 heavy (non-hydrogen) atoms. The third-order valence-corrected chi connectivity index (χ3v) is 0. The zero-order valence-corrected chi connectivity index (χ0v) is 5.52. The number of nitrogens with zero attached hydrogens (tertiary/aromatic N) is 2. The van der Waals surface area contributed by atoms with Crippen molar-refractivity contribution in [3.63, 3.8) is 0 Å². The SMILES string of the molecule is O=[N+]([O-])[O-].O=[N+]([O-])[O-].[OH][Al+2]. The number of rotatable bonds is 0. The first-order valence-electron chi connectivity index (χ1n) is 1.35. The van der Waals surface area contributed by atoms with Crippen molar-refractivity contribution in [2.75, 3.05) is 0 Å². The van der Waals surface area contributed by atoms with Gasteiger partial charge in [-0.3, -0.25) is 0 Å². The van der Waals surface area contributed by atoms with Crippen LogP contribution < -0.4 is 0 Å². The van der Waals surface area contributed by atoms with E-state index in [1.165, 1.54) is 16.6 Å². The van der Waals surface area contributed by atoms with E-state index < -0.39 is 10.2 Å². The summed E-state index contributed by atoms with van der Waals surface area (Å²) in [6.45, 7) is 0. The molecule has 0 saturated heterocycles. The molecule has 0 aromatic heterocycles. The van der Waals surface area contributed by atoms with Crippen LogP contribution in [0.5, 0.6) is 0 Å². The minimum atomic E-state index is -1.75. The molecule has 0 aromatic carbocycles. The van der Waals surface area contributed by atoms with Gasteiger partial charge >= 0.3 is 20.8 Å². The molecule has 0 saturated carbocycles. The predicted octanol–water partition coefficient (Wildman–Crippen LogP) is -1.42. The van der Waals surface area contributed by atoms with Gasteiger partial charge in [0.1, 0.15) is 0 Å². The summed E-state index contributed by atoms with van der Waals surface area (Å²) in [6.07, 6.45) is 0.